The summed E-state index contributed by atoms with van der Waals surface area (Å²) in [5.74, 6) is -2.69. The van der Waals surface area contributed by atoms with Gasteiger partial charge in [-0.05, 0) is 31.0 Å². The standard InChI is InChI=1S/C31H42O17/c1-3-16-17(18(28(41)42-2)12-45-29(16)48-31-27(40)24(37)22(35)19(11-32)46-31)10-21(34)44-13-20-23(36)25(38)26(39)30(47-20)43-9-8-14-4-6-15(33)7-5-14/h3-7,12,17,19-20,22-27,29-33,35-40H,8-11,13H2,1-2H3/b16-3-/t17?,19-,20-,22+,23-,24+,25+,26-,27-,29?,30-,31+/m1/s1. The van der Waals surface area contributed by atoms with Crippen molar-refractivity contribution < 1.29 is 83.6 Å². The summed E-state index contributed by atoms with van der Waals surface area (Å²) in [4.78, 5) is 25.7. The van der Waals surface area contributed by atoms with Gasteiger partial charge >= 0.3 is 11.9 Å². The van der Waals surface area contributed by atoms with Crippen molar-refractivity contribution in [1.82, 2.24) is 0 Å². The van der Waals surface area contributed by atoms with E-state index in [0.29, 0.717) is 6.42 Å². The molecule has 268 valence electrons. The SMILES string of the molecule is C/C=C1\C(O[C@@H]2O[C@H](CO)[C@H](O)[C@H](O)[C@H]2O)OC=C(C(=O)OC)C1CC(=O)OC[C@H]1O[C@@H](OCCc2ccc(O)cc2)[C@H](O)[C@@H](O)[C@@H]1O. The van der Waals surface area contributed by atoms with Crippen molar-refractivity contribution >= 4 is 11.9 Å². The number of aromatic hydroxyl groups is 1. The van der Waals surface area contributed by atoms with Gasteiger partial charge in [0.15, 0.2) is 12.6 Å². The van der Waals surface area contributed by atoms with Crippen molar-refractivity contribution in [3.8, 4) is 5.75 Å². The van der Waals surface area contributed by atoms with Crippen LogP contribution in [0, 0.1) is 5.92 Å². The Morgan fingerprint density at radius 1 is 0.875 bits per heavy atom. The quantitative estimate of drug-likeness (QED) is 0.0834. The number of hydrogen-bond acceptors (Lipinski definition) is 17. The topological polar surface area (TPSA) is 261 Å². The molecular formula is C31H42O17. The number of carbonyl (C=O) groups is 2. The van der Waals surface area contributed by atoms with Gasteiger partial charge in [-0.2, -0.15) is 0 Å². The van der Waals surface area contributed by atoms with Crippen LogP contribution in [0.3, 0.4) is 0 Å². The van der Waals surface area contributed by atoms with Crippen molar-refractivity contribution in [2.75, 3.05) is 26.9 Å². The fraction of sp³-hybridized carbons (Fsp3) is 0.613. The van der Waals surface area contributed by atoms with Gasteiger partial charge < -0.3 is 74.0 Å². The molecule has 0 spiro atoms. The number of phenolic OH excluding ortho intramolecular Hbond substituents is 1. The lowest BCUT2D eigenvalue weighted by atomic mass is 9.86. The number of aliphatic hydroxyl groups excluding tert-OH is 7. The highest BCUT2D eigenvalue weighted by molar-refractivity contribution is 5.90. The summed E-state index contributed by atoms with van der Waals surface area (Å²) in [5.41, 5.74) is 0.922. The van der Waals surface area contributed by atoms with E-state index < -0.39 is 105 Å². The van der Waals surface area contributed by atoms with E-state index in [1.165, 1.54) is 18.2 Å². The maximum Gasteiger partial charge on any atom is 0.337 e. The summed E-state index contributed by atoms with van der Waals surface area (Å²) >= 11 is 0. The first-order valence-electron chi connectivity index (χ1n) is 15.2. The van der Waals surface area contributed by atoms with Gasteiger partial charge in [0.05, 0.1) is 38.6 Å². The van der Waals surface area contributed by atoms with Gasteiger partial charge in [-0.15, -0.1) is 0 Å². The molecule has 3 heterocycles. The number of benzene rings is 1. The summed E-state index contributed by atoms with van der Waals surface area (Å²) in [6.07, 6.45) is -14.6. The van der Waals surface area contributed by atoms with Crippen molar-refractivity contribution in [1.29, 1.82) is 0 Å². The van der Waals surface area contributed by atoms with E-state index in [1.54, 1.807) is 19.1 Å². The van der Waals surface area contributed by atoms with Crippen LogP contribution in [0.2, 0.25) is 0 Å². The number of esters is 2. The van der Waals surface area contributed by atoms with Crippen LogP contribution in [-0.4, -0.2) is 147 Å². The monoisotopic (exact) mass is 686 g/mol. The number of hydrogen-bond donors (Lipinski definition) is 8. The Labute approximate surface area is 275 Å². The van der Waals surface area contributed by atoms with Crippen molar-refractivity contribution in [3.05, 3.63) is 53.3 Å². The first kappa shape index (κ1) is 37.6. The van der Waals surface area contributed by atoms with E-state index in [9.17, 15) is 50.4 Å². The fourth-order valence-electron chi connectivity index (χ4n) is 5.47. The normalized spacial score (nSPS) is 36.2. The minimum Gasteiger partial charge on any atom is -0.508 e. The summed E-state index contributed by atoms with van der Waals surface area (Å²) in [7, 11) is 1.12. The number of carbonyl (C=O) groups excluding carboxylic acids is 2. The van der Waals surface area contributed by atoms with Gasteiger partial charge in [0.25, 0.3) is 0 Å². The molecule has 48 heavy (non-hydrogen) atoms. The van der Waals surface area contributed by atoms with Crippen LogP contribution < -0.4 is 0 Å². The van der Waals surface area contributed by atoms with Gasteiger partial charge in [0.2, 0.25) is 6.29 Å². The van der Waals surface area contributed by atoms with Crippen LogP contribution in [0.1, 0.15) is 18.9 Å². The molecule has 12 atom stereocenters. The molecule has 0 saturated carbocycles. The third-order valence-electron chi connectivity index (χ3n) is 8.29. The van der Waals surface area contributed by atoms with Crippen molar-refractivity contribution in [2.45, 2.75) is 87.5 Å². The molecule has 0 radical (unpaired) electrons. The summed E-state index contributed by atoms with van der Waals surface area (Å²) < 4.78 is 38.0. The molecule has 0 amide bonds. The fourth-order valence-corrected chi connectivity index (χ4v) is 5.47. The van der Waals surface area contributed by atoms with Gasteiger partial charge in [-0.1, -0.05) is 18.2 Å². The predicted molar refractivity (Wildman–Crippen MR) is 157 cm³/mol. The lowest BCUT2D eigenvalue weighted by Gasteiger charge is -2.42. The van der Waals surface area contributed by atoms with Crippen molar-refractivity contribution in [3.63, 3.8) is 0 Å². The molecule has 3 aliphatic heterocycles. The van der Waals surface area contributed by atoms with Crippen molar-refractivity contribution in [2.24, 2.45) is 5.92 Å². The number of rotatable bonds is 12. The van der Waals surface area contributed by atoms with Crippen LogP contribution in [-0.2, 0) is 49.2 Å². The van der Waals surface area contributed by atoms with Gasteiger partial charge in [0, 0.05) is 11.5 Å². The Bertz CT molecular complexity index is 1280. The first-order valence-corrected chi connectivity index (χ1v) is 15.2. The summed E-state index contributed by atoms with van der Waals surface area (Å²) in [6.45, 7) is 0.335. The Morgan fingerprint density at radius 3 is 2.12 bits per heavy atom. The molecule has 0 bridgehead atoms. The minimum absolute atomic E-state index is 0.0483. The summed E-state index contributed by atoms with van der Waals surface area (Å²) in [5, 5.41) is 80.8. The van der Waals surface area contributed by atoms with E-state index in [1.807, 2.05) is 0 Å². The Hall–Kier alpha value is -3.20. The van der Waals surface area contributed by atoms with Gasteiger partial charge in [0.1, 0.15) is 61.2 Å². The zero-order valence-corrected chi connectivity index (χ0v) is 26.2. The highest BCUT2D eigenvalue weighted by Crippen LogP contribution is 2.36. The molecule has 2 saturated heterocycles. The van der Waals surface area contributed by atoms with Crippen LogP contribution in [0.5, 0.6) is 5.75 Å². The molecule has 2 unspecified atom stereocenters. The Morgan fingerprint density at radius 2 is 1.50 bits per heavy atom. The molecule has 4 rings (SSSR count). The Kier molecular flexibility index (Phi) is 13.3. The number of allylic oxidation sites excluding steroid dienone is 1. The smallest absolute Gasteiger partial charge is 0.337 e. The van der Waals surface area contributed by atoms with Crippen LogP contribution in [0.25, 0.3) is 0 Å². The first-order chi connectivity index (χ1) is 22.9. The highest BCUT2D eigenvalue weighted by atomic mass is 16.8. The molecular weight excluding hydrogens is 644 g/mol. The van der Waals surface area contributed by atoms with E-state index in [2.05, 4.69) is 0 Å². The lowest BCUT2D eigenvalue weighted by molar-refractivity contribution is -0.327. The number of methoxy groups -OCH3 is 1. The summed E-state index contributed by atoms with van der Waals surface area (Å²) in [6, 6.07) is 6.37. The maximum atomic E-state index is 13.1. The third kappa shape index (κ3) is 8.68. The Balaban J connectivity index is 1.39. The molecule has 1 aromatic carbocycles. The second-order valence-electron chi connectivity index (χ2n) is 11.4. The molecule has 0 aliphatic carbocycles. The average Bonchev–Trinajstić information content (AvgIpc) is 3.08. The number of ether oxygens (including phenoxy) is 7. The highest BCUT2D eigenvalue weighted by Gasteiger charge is 2.48. The predicted octanol–water partition coefficient (Wildman–Crippen LogP) is -2.52. The minimum atomic E-state index is -1.75. The molecule has 17 heteroatoms. The second-order valence-corrected chi connectivity index (χ2v) is 11.4. The largest absolute Gasteiger partial charge is 0.508 e. The van der Waals surface area contributed by atoms with Crippen LogP contribution in [0.15, 0.2) is 47.7 Å². The maximum absolute atomic E-state index is 13.1. The lowest BCUT2D eigenvalue weighted by Crippen LogP contribution is -2.60. The molecule has 0 aromatic heterocycles. The van der Waals surface area contributed by atoms with Crippen LogP contribution in [0.4, 0.5) is 0 Å². The number of aliphatic hydroxyl groups is 7. The van der Waals surface area contributed by atoms with E-state index in [-0.39, 0.29) is 23.5 Å². The van der Waals surface area contributed by atoms with Gasteiger partial charge in [-0.25, -0.2) is 4.79 Å². The molecule has 2 fully saturated rings. The third-order valence-corrected chi connectivity index (χ3v) is 8.29. The zero-order chi connectivity index (χ0) is 35.1. The molecule has 3 aliphatic rings. The number of phenols is 1. The van der Waals surface area contributed by atoms with E-state index in [0.717, 1.165) is 18.9 Å². The van der Waals surface area contributed by atoms with Crippen LogP contribution >= 0.6 is 0 Å². The van der Waals surface area contributed by atoms with E-state index >= 15 is 0 Å². The zero-order valence-electron chi connectivity index (χ0n) is 26.2. The second kappa shape index (κ2) is 17.0. The van der Waals surface area contributed by atoms with Gasteiger partial charge in [-0.3, -0.25) is 4.79 Å². The molecule has 8 N–H and O–H groups in total. The average molecular weight is 687 g/mol. The molecule has 1 aromatic rings. The molecule has 17 nitrogen and oxygen atoms in total. The van der Waals surface area contributed by atoms with E-state index in [4.69, 9.17) is 33.2 Å².